The van der Waals surface area contributed by atoms with Crippen molar-refractivity contribution in [3.05, 3.63) is 78.9 Å². The molecule has 1 fully saturated rings. The monoisotopic (exact) mass is 469 g/mol. The Morgan fingerprint density at radius 3 is 1.40 bits per heavy atom. The highest BCUT2D eigenvalue weighted by Gasteiger charge is 2.17. The standard InChI is InChI=1S/C32H43N3/c1-2-35(31-17-13-8-6-4-3-5-7-9-14-18-31)32-25-23-30(24-26-32)34-29-21-19-28(20-22-29)33-27-15-11-10-12-16-27/h10-12,15-16,19-26,31,33-34H,2-9,13-14,17-18H2,1H3. The zero-order valence-electron chi connectivity index (χ0n) is 21.5. The molecular weight excluding hydrogens is 426 g/mol. The van der Waals surface area contributed by atoms with Crippen molar-refractivity contribution in [1.82, 2.24) is 0 Å². The summed E-state index contributed by atoms with van der Waals surface area (Å²) in [5, 5.41) is 7.00. The second kappa shape index (κ2) is 13.8. The van der Waals surface area contributed by atoms with Crippen LogP contribution in [-0.2, 0) is 0 Å². The van der Waals surface area contributed by atoms with Crippen LogP contribution >= 0.6 is 0 Å². The highest BCUT2D eigenvalue weighted by molar-refractivity contribution is 5.67. The third kappa shape index (κ3) is 8.06. The molecule has 186 valence electrons. The fraction of sp³-hybridized carbons (Fsp3) is 0.438. The van der Waals surface area contributed by atoms with Gasteiger partial charge in [-0.25, -0.2) is 0 Å². The Kier molecular flexibility index (Phi) is 9.94. The zero-order chi connectivity index (χ0) is 24.1. The van der Waals surface area contributed by atoms with Gasteiger partial charge in [-0.15, -0.1) is 0 Å². The lowest BCUT2D eigenvalue weighted by atomic mass is 9.96. The van der Waals surface area contributed by atoms with Gasteiger partial charge in [0, 0.05) is 41.0 Å². The van der Waals surface area contributed by atoms with E-state index in [4.69, 9.17) is 0 Å². The normalized spacial score (nSPS) is 16.0. The maximum Gasteiger partial charge on any atom is 0.0385 e. The quantitative estimate of drug-likeness (QED) is 0.360. The van der Waals surface area contributed by atoms with E-state index in [0.29, 0.717) is 6.04 Å². The lowest BCUT2D eigenvalue weighted by Gasteiger charge is -2.33. The molecule has 0 saturated heterocycles. The van der Waals surface area contributed by atoms with Crippen LogP contribution in [0.3, 0.4) is 0 Å². The third-order valence-corrected chi connectivity index (χ3v) is 7.29. The van der Waals surface area contributed by atoms with Crippen molar-refractivity contribution in [1.29, 1.82) is 0 Å². The van der Waals surface area contributed by atoms with Crippen LogP contribution in [0.15, 0.2) is 78.9 Å². The minimum absolute atomic E-state index is 0.669. The van der Waals surface area contributed by atoms with E-state index in [1.165, 1.54) is 76.3 Å². The fourth-order valence-electron chi connectivity index (χ4n) is 5.33. The zero-order valence-corrected chi connectivity index (χ0v) is 21.5. The molecule has 0 bridgehead atoms. The van der Waals surface area contributed by atoms with Gasteiger partial charge in [0.2, 0.25) is 0 Å². The van der Waals surface area contributed by atoms with Crippen molar-refractivity contribution < 1.29 is 0 Å². The van der Waals surface area contributed by atoms with Gasteiger partial charge in [-0.2, -0.15) is 0 Å². The predicted molar refractivity (Wildman–Crippen MR) is 153 cm³/mol. The number of benzene rings is 3. The largest absolute Gasteiger partial charge is 0.369 e. The summed E-state index contributed by atoms with van der Waals surface area (Å²) in [5.74, 6) is 0. The Bertz CT molecular complexity index is 954. The van der Waals surface area contributed by atoms with Gasteiger partial charge in [0.15, 0.2) is 0 Å². The predicted octanol–water partition coefficient (Wildman–Crippen LogP) is 9.67. The summed E-state index contributed by atoms with van der Waals surface area (Å²) in [6, 6.07) is 28.5. The molecule has 3 aromatic rings. The maximum atomic E-state index is 3.56. The topological polar surface area (TPSA) is 27.3 Å². The van der Waals surface area contributed by atoms with E-state index in [1.54, 1.807) is 0 Å². The first kappa shape index (κ1) is 25.2. The molecule has 1 saturated carbocycles. The van der Waals surface area contributed by atoms with Crippen LogP contribution < -0.4 is 15.5 Å². The molecule has 1 aliphatic rings. The van der Waals surface area contributed by atoms with Crippen molar-refractivity contribution in [3.63, 3.8) is 0 Å². The van der Waals surface area contributed by atoms with Crippen molar-refractivity contribution >= 4 is 28.4 Å². The molecule has 3 nitrogen and oxygen atoms in total. The average Bonchev–Trinajstić information content (AvgIpc) is 2.88. The van der Waals surface area contributed by atoms with Crippen LogP contribution in [0.1, 0.15) is 77.6 Å². The second-order valence-electron chi connectivity index (χ2n) is 9.94. The van der Waals surface area contributed by atoms with Crippen LogP contribution in [0.5, 0.6) is 0 Å². The third-order valence-electron chi connectivity index (χ3n) is 7.29. The van der Waals surface area contributed by atoms with Gasteiger partial charge < -0.3 is 15.5 Å². The Hall–Kier alpha value is -2.94. The molecular formula is C32H43N3. The summed E-state index contributed by atoms with van der Waals surface area (Å²) in [6.45, 7) is 3.39. The van der Waals surface area contributed by atoms with E-state index >= 15 is 0 Å². The van der Waals surface area contributed by atoms with Gasteiger partial charge >= 0.3 is 0 Å². The highest BCUT2D eigenvalue weighted by Crippen LogP contribution is 2.28. The first-order valence-corrected chi connectivity index (χ1v) is 13.9. The molecule has 3 heteroatoms. The fourth-order valence-corrected chi connectivity index (χ4v) is 5.33. The highest BCUT2D eigenvalue weighted by atomic mass is 15.2. The van der Waals surface area contributed by atoms with Gasteiger partial charge in [0.25, 0.3) is 0 Å². The van der Waals surface area contributed by atoms with Crippen LogP contribution in [-0.4, -0.2) is 12.6 Å². The molecule has 4 rings (SSSR count). The van der Waals surface area contributed by atoms with E-state index in [9.17, 15) is 0 Å². The number of rotatable bonds is 7. The van der Waals surface area contributed by atoms with Crippen molar-refractivity contribution in [2.75, 3.05) is 22.1 Å². The van der Waals surface area contributed by atoms with Crippen LogP contribution in [0.25, 0.3) is 0 Å². The molecule has 1 aliphatic carbocycles. The molecule has 0 atom stereocenters. The summed E-state index contributed by atoms with van der Waals surface area (Å²) >= 11 is 0. The van der Waals surface area contributed by atoms with Crippen molar-refractivity contribution in [2.24, 2.45) is 0 Å². The molecule has 0 radical (unpaired) electrons. The molecule has 0 aliphatic heterocycles. The van der Waals surface area contributed by atoms with E-state index in [0.717, 1.165) is 29.3 Å². The molecule has 0 amide bonds. The molecule has 3 aromatic carbocycles. The first-order valence-electron chi connectivity index (χ1n) is 13.9. The second-order valence-corrected chi connectivity index (χ2v) is 9.94. The van der Waals surface area contributed by atoms with Crippen LogP contribution in [0.2, 0.25) is 0 Å². The van der Waals surface area contributed by atoms with Gasteiger partial charge in [-0.3, -0.25) is 0 Å². The number of nitrogens with one attached hydrogen (secondary N) is 2. The molecule has 0 heterocycles. The van der Waals surface area contributed by atoms with E-state index in [1.807, 2.05) is 18.2 Å². The Morgan fingerprint density at radius 2 is 0.943 bits per heavy atom. The number of hydrogen-bond acceptors (Lipinski definition) is 3. The van der Waals surface area contributed by atoms with Crippen molar-refractivity contribution in [2.45, 2.75) is 83.6 Å². The Morgan fingerprint density at radius 1 is 0.543 bits per heavy atom. The first-order chi connectivity index (χ1) is 17.3. The number of para-hydroxylation sites is 1. The lowest BCUT2D eigenvalue weighted by Crippen LogP contribution is -2.35. The smallest absolute Gasteiger partial charge is 0.0385 e. The van der Waals surface area contributed by atoms with E-state index in [2.05, 4.69) is 83.1 Å². The number of anilines is 5. The van der Waals surface area contributed by atoms with Gasteiger partial charge in [0.1, 0.15) is 0 Å². The van der Waals surface area contributed by atoms with Gasteiger partial charge in [0.05, 0.1) is 0 Å². The average molecular weight is 470 g/mol. The van der Waals surface area contributed by atoms with Crippen LogP contribution in [0.4, 0.5) is 28.4 Å². The SMILES string of the molecule is CCN(c1ccc(Nc2ccc(Nc3ccccc3)cc2)cc1)C1CCCCCCCCCCC1. The lowest BCUT2D eigenvalue weighted by molar-refractivity contribution is 0.446. The minimum atomic E-state index is 0.669. The van der Waals surface area contributed by atoms with Crippen LogP contribution in [0, 0.1) is 0 Å². The number of hydrogen-bond donors (Lipinski definition) is 2. The Balaban J connectivity index is 1.35. The van der Waals surface area contributed by atoms with E-state index in [-0.39, 0.29) is 0 Å². The summed E-state index contributed by atoms with van der Waals surface area (Å²) in [4.78, 5) is 2.65. The maximum absolute atomic E-state index is 3.56. The molecule has 0 spiro atoms. The van der Waals surface area contributed by atoms with Gasteiger partial charge in [-0.05, 0) is 80.4 Å². The minimum Gasteiger partial charge on any atom is -0.369 e. The summed E-state index contributed by atoms with van der Waals surface area (Å²) in [5.41, 5.74) is 5.78. The number of nitrogens with zero attached hydrogens (tertiary/aromatic N) is 1. The molecule has 0 aromatic heterocycles. The molecule has 2 N–H and O–H groups in total. The summed E-state index contributed by atoms with van der Waals surface area (Å²) in [7, 11) is 0. The van der Waals surface area contributed by atoms with E-state index < -0.39 is 0 Å². The summed E-state index contributed by atoms with van der Waals surface area (Å²) in [6.07, 6.45) is 15.4. The molecule has 0 unspecified atom stereocenters. The van der Waals surface area contributed by atoms with Crippen molar-refractivity contribution in [3.8, 4) is 0 Å². The van der Waals surface area contributed by atoms with Gasteiger partial charge in [-0.1, -0.05) is 76.0 Å². The molecule has 35 heavy (non-hydrogen) atoms. The Labute approximate surface area is 213 Å². The summed E-state index contributed by atoms with van der Waals surface area (Å²) < 4.78 is 0.